The fraction of sp³-hybridized carbons (Fsp3) is 0.250. The van der Waals surface area contributed by atoms with Crippen LogP contribution in [0.2, 0.25) is 0 Å². The first-order valence-corrected chi connectivity index (χ1v) is 7.80. The molecule has 0 saturated carbocycles. The molecule has 0 aromatic heterocycles. The lowest BCUT2D eigenvalue weighted by atomic mass is 10.2. The zero-order valence-electron chi connectivity index (χ0n) is 11.2. The molecule has 2 rings (SSSR count). The van der Waals surface area contributed by atoms with Gasteiger partial charge >= 0.3 is 0 Å². The van der Waals surface area contributed by atoms with Crippen LogP contribution >= 0.6 is 27.5 Å². The third-order valence-electron chi connectivity index (χ3n) is 2.67. The van der Waals surface area contributed by atoms with E-state index in [0.717, 1.165) is 40.3 Å². The van der Waals surface area contributed by atoms with E-state index in [2.05, 4.69) is 22.9 Å². The molecule has 0 saturated heterocycles. The van der Waals surface area contributed by atoms with Gasteiger partial charge in [-0.3, -0.25) is 0 Å². The number of hydrogen-bond donors (Lipinski definition) is 0. The molecular weight excluding hydrogens is 340 g/mol. The van der Waals surface area contributed by atoms with E-state index in [1.165, 1.54) is 0 Å². The van der Waals surface area contributed by atoms with E-state index in [0.29, 0.717) is 5.88 Å². The van der Waals surface area contributed by atoms with Crippen molar-refractivity contribution in [3.63, 3.8) is 0 Å². The summed E-state index contributed by atoms with van der Waals surface area (Å²) >= 11 is 9.28. The second-order valence-electron chi connectivity index (χ2n) is 4.32. The van der Waals surface area contributed by atoms with E-state index in [4.69, 9.17) is 21.1 Å². The molecule has 2 aromatic rings. The Morgan fingerprint density at radius 2 is 1.75 bits per heavy atom. The fourth-order valence-corrected chi connectivity index (χ4v) is 2.33. The second-order valence-corrected chi connectivity index (χ2v) is 5.44. The Bertz CT molecular complexity index is 555. The molecule has 106 valence electrons. The minimum absolute atomic E-state index is 0.488. The molecule has 0 heterocycles. The van der Waals surface area contributed by atoms with Gasteiger partial charge in [-0.1, -0.05) is 13.0 Å². The van der Waals surface area contributed by atoms with E-state index in [-0.39, 0.29) is 0 Å². The maximum Gasteiger partial charge on any atom is 0.141 e. The van der Waals surface area contributed by atoms with Crippen LogP contribution in [-0.4, -0.2) is 6.61 Å². The summed E-state index contributed by atoms with van der Waals surface area (Å²) in [7, 11) is 0. The van der Waals surface area contributed by atoms with Gasteiger partial charge in [-0.2, -0.15) is 0 Å². The van der Waals surface area contributed by atoms with E-state index in [9.17, 15) is 0 Å². The number of ether oxygens (including phenoxy) is 2. The Morgan fingerprint density at radius 1 is 1.05 bits per heavy atom. The monoisotopic (exact) mass is 354 g/mol. The van der Waals surface area contributed by atoms with E-state index >= 15 is 0 Å². The van der Waals surface area contributed by atoms with Crippen LogP contribution in [0, 0.1) is 0 Å². The van der Waals surface area contributed by atoms with Crippen molar-refractivity contribution in [2.45, 2.75) is 19.2 Å². The molecule has 0 radical (unpaired) electrons. The molecule has 0 atom stereocenters. The molecule has 20 heavy (non-hydrogen) atoms. The smallest absolute Gasteiger partial charge is 0.141 e. The quantitative estimate of drug-likeness (QED) is 0.612. The summed E-state index contributed by atoms with van der Waals surface area (Å²) in [5.74, 6) is 2.88. The largest absolute Gasteiger partial charge is 0.494 e. The first kappa shape index (κ1) is 15.2. The van der Waals surface area contributed by atoms with Crippen molar-refractivity contribution >= 4 is 27.5 Å². The van der Waals surface area contributed by atoms with Crippen molar-refractivity contribution in [3.05, 3.63) is 52.5 Å². The van der Waals surface area contributed by atoms with Crippen molar-refractivity contribution in [1.82, 2.24) is 0 Å². The SMILES string of the molecule is CCCOc1ccc(Oc2ccc(CCl)cc2Br)cc1. The van der Waals surface area contributed by atoms with Crippen molar-refractivity contribution in [1.29, 1.82) is 0 Å². The van der Waals surface area contributed by atoms with Gasteiger partial charge in [0.15, 0.2) is 0 Å². The maximum atomic E-state index is 5.82. The Labute approximate surface area is 132 Å². The standard InChI is InChI=1S/C16H16BrClO2/c1-2-9-19-13-4-6-14(7-5-13)20-16-8-3-12(11-18)10-15(16)17/h3-8,10H,2,9,11H2,1H3. The molecule has 0 bridgehead atoms. The summed E-state index contributed by atoms with van der Waals surface area (Å²) in [6.45, 7) is 2.81. The molecule has 4 heteroatoms. The average Bonchev–Trinajstić information content (AvgIpc) is 2.48. The minimum Gasteiger partial charge on any atom is -0.494 e. The molecule has 0 amide bonds. The highest BCUT2D eigenvalue weighted by atomic mass is 79.9. The molecule has 0 aliphatic carbocycles. The summed E-state index contributed by atoms with van der Waals surface area (Å²) in [5.41, 5.74) is 1.05. The minimum atomic E-state index is 0.488. The first-order chi connectivity index (χ1) is 9.72. The van der Waals surface area contributed by atoms with Crippen LogP contribution < -0.4 is 9.47 Å². The van der Waals surface area contributed by atoms with Gasteiger partial charge in [-0.15, -0.1) is 11.6 Å². The molecule has 2 aromatic carbocycles. The third kappa shape index (κ3) is 4.15. The lowest BCUT2D eigenvalue weighted by Gasteiger charge is -2.10. The van der Waals surface area contributed by atoms with Crippen molar-refractivity contribution < 1.29 is 9.47 Å². The molecular formula is C16H16BrClO2. The fourth-order valence-electron chi connectivity index (χ4n) is 1.66. The van der Waals surface area contributed by atoms with Gasteiger partial charge < -0.3 is 9.47 Å². The zero-order valence-corrected chi connectivity index (χ0v) is 13.6. The molecule has 0 N–H and O–H groups in total. The molecule has 0 unspecified atom stereocenters. The summed E-state index contributed by atoms with van der Waals surface area (Å²) in [5, 5.41) is 0. The highest BCUT2D eigenvalue weighted by Crippen LogP contribution is 2.31. The number of rotatable bonds is 6. The lowest BCUT2D eigenvalue weighted by Crippen LogP contribution is -1.94. The van der Waals surface area contributed by atoms with Crippen LogP contribution in [0.4, 0.5) is 0 Å². The topological polar surface area (TPSA) is 18.5 Å². The molecule has 0 fully saturated rings. The van der Waals surface area contributed by atoms with E-state index in [1.54, 1.807) is 0 Å². The number of halogens is 2. The van der Waals surface area contributed by atoms with Gasteiger partial charge in [0, 0.05) is 5.88 Å². The highest BCUT2D eigenvalue weighted by molar-refractivity contribution is 9.10. The van der Waals surface area contributed by atoms with Gasteiger partial charge in [0.05, 0.1) is 11.1 Å². The van der Waals surface area contributed by atoms with E-state index in [1.807, 2.05) is 42.5 Å². The van der Waals surface area contributed by atoms with Gasteiger partial charge in [-0.25, -0.2) is 0 Å². The van der Waals surface area contributed by atoms with Crippen molar-refractivity contribution in [2.75, 3.05) is 6.61 Å². The van der Waals surface area contributed by atoms with E-state index < -0.39 is 0 Å². The van der Waals surface area contributed by atoms with Crippen LogP contribution in [0.25, 0.3) is 0 Å². The summed E-state index contributed by atoms with van der Waals surface area (Å²) in [6, 6.07) is 13.4. The maximum absolute atomic E-state index is 5.82. The average molecular weight is 356 g/mol. The zero-order chi connectivity index (χ0) is 14.4. The van der Waals surface area contributed by atoms with Crippen LogP contribution in [0.15, 0.2) is 46.9 Å². The summed E-state index contributed by atoms with van der Waals surface area (Å²) < 4.78 is 12.2. The second kappa shape index (κ2) is 7.55. The Hall–Kier alpha value is -1.19. The van der Waals surface area contributed by atoms with Gasteiger partial charge in [0.25, 0.3) is 0 Å². The number of benzene rings is 2. The normalized spacial score (nSPS) is 10.3. The Morgan fingerprint density at radius 3 is 2.35 bits per heavy atom. The van der Waals surface area contributed by atoms with Crippen LogP contribution in [0.3, 0.4) is 0 Å². The first-order valence-electron chi connectivity index (χ1n) is 6.48. The lowest BCUT2D eigenvalue weighted by molar-refractivity contribution is 0.317. The summed E-state index contributed by atoms with van der Waals surface area (Å²) in [4.78, 5) is 0. The third-order valence-corrected chi connectivity index (χ3v) is 3.60. The Balaban J connectivity index is 2.06. The molecule has 2 nitrogen and oxygen atoms in total. The van der Waals surface area contributed by atoms with Crippen molar-refractivity contribution in [3.8, 4) is 17.2 Å². The number of hydrogen-bond acceptors (Lipinski definition) is 2. The number of alkyl halides is 1. The molecule has 0 spiro atoms. The highest BCUT2D eigenvalue weighted by Gasteiger charge is 2.04. The predicted molar refractivity (Wildman–Crippen MR) is 86.0 cm³/mol. The van der Waals surface area contributed by atoms with Crippen LogP contribution in [0.1, 0.15) is 18.9 Å². The Kier molecular flexibility index (Phi) is 5.74. The van der Waals surface area contributed by atoms with Crippen LogP contribution in [0.5, 0.6) is 17.2 Å². The molecule has 0 aliphatic heterocycles. The van der Waals surface area contributed by atoms with Crippen molar-refractivity contribution in [2.24, 2.45) is 0 Å². The van der Waals surface area contributed by atoms with Gasteiger partial charge in [0.1, 0.15) is 17.2 Å². The molecule has 0 aliphatic rings. The predicted octanol–water partition coefficient (Wildman–Crippen LogP) is 5.77. The summed E-state index contributed by atoms with van der Waals surface area (Å²) in [6.07, 6.45) is 0.998. The van der Waals surface area contributed by atoms with Crippen LogP contribution in [-0.2, 0) is 5.88 Å². The van der Waals surface area contributed by atoms with Gasteiger partial charge in [0.2, 0.25) is 0 Å². The van der Waals surface area contributed by atoms with Gasteiger partial charge in [-0.05, 0) is 64.3 Å².